The maximum atomic E-state index is 3.84. The summed E-state index contributed by atoms with van der Waals surface area (Å²) in [5, 5.41) is 0. The van der Waals surface area contributed by atoms with Crippen LogP contribution in [0.25, 0.3) is 6.08 Å². The van der Waals surface area contributed by atoms with Crippen molar-refractivity contribution in [3.8, 4) is 0 Å². The molecule has 0 saturated carbocycles. The fourth-order valence-electron chi connectivity index (χ4n) is 0.804. The van der Waals surface area contributed by atoms with E-state index >= 15 is 0 Å². The molecule has 1 rings (SSSR count). The molecule has 0 unspecified atom stereocenters. The molecule has 56 valence electrons. The molecule has 0 aliphatic carbocycles. The van der Waals surface area contributed by atoms with Gasteiger partial charge in [0.1, 0.15) is 0 Å². The van der Waals surface area contributed by atoms with E-state index in [1.54, 1.807) is 13.3 Å². The number of benzene rings is 1. The van der Waals surface area contributed by atoms with Gasteiger partial charge in [0.15, 0.2) is 0 Å². The van der Waals surface area contributed by atoms with E-state index in [4.69, 9.17) is 0 Å². The van der Waals surface area contributed by atoms with Gasteiger partial charge in [0.05, 0.1) is 0 Å². The molecule has 0 atom stereocenters. The van der Waals surface area contributed by atoms with Crippen molar-refractivity contribution in [1.82, 2.24) is 0 Å². The molecule has 0 amide bonds. The molecule has 0 N–H and O–H groups in total. The molecule has 0 aliphatic heterocycles. The fraction of sp³-hybridized carbons (Fsp3) is 0.100. The molecule has 0 saturated heterocycles. The molecule has 0 fully saturated rings. The average molecular weight is 145 g/mol. The lowest BCUT2D eigenvalue weighted by Crippen LogP contribution is -1.68. The van der Waals surface area contributed by atoms with Crippen LogP contribution in [0.5, 0.6) is 0 Å². The monoisotopic (exact) mass is 145 g/mol. The van der Waals surface area contributed by atoms with E-state index < -0.39 is 0 Å². The molecular formula is C10H11N. The summed E-state index contributed by atoms with van der Waals surface area (Å²) in [7, 11) is 1.76. The Hall–Kier alpha value is -1.37. The molecule has 11 heavy (non-hydrogen) atoms. The number of allylic oxidation sites excluding steroid dienone is 1. The van der Waals surface area contributed by atoms with Gasteiger partial charge < -0.3 is 0 Å². The lowest BCUT2D eigenvalue weighted by molar-refractivity contribution is 1.48. The Bertz CT molecular complexity index is 247. The van der Waals surface area contributed by atoms with E-state index in [-0.39, 0.29) is 0 Å². The van der Waals surface area contributed by atoms with E-state index in [1.165, 1.54) is 5.56 Å². The van der Waals surface area contributed by atoms with Crippen LogP contribution in [0.1, 0.15) is 5.56 Å². The highest BCUT2D eigenvalue weighted by Gasteiger charge is 1.78. The highest BCUT2D eigenvalue weighted by Crippen LogP contribution is 1.99. The molecule has 0 aliphatic rings. The quantitative estimate of drug-likeness (QED) is 0.567. The predicted molar refractivity (Wildman–Crippen MR) is 49.9 cm³/mol. The SMILES string of the molecule is CN=CC=Cc1ccccc1. The normalized spacial score (nSPS) is 11.4. The Morgan fingerprint density at radius 2 is 1.91 bits per heavy atom. The van der Waals surface area contributed by atoms with E-state index in [2.05, 4.69) is 17.1 Å². The first-order valence-electron chi connectivity index (χ1n) is 3.57. The van der Waals surface area contributed by atoms with Crippen LogP contribution in [0.15, 0.2) is 41.4 Å². The number of hydrogen-bond donors (Lipinski definition) is 0. The zero-order chi connectivity index (χ0) is 7.94. The summed E-state index contributed by atoms with van der Waals surface area (Å²) in [6.07, 6.45) is 5.72. The van der Waals surface area contributed by atoms with Crippen LogP contribution in [-0.2, 0) is 0 Å². The van der Waals surface area contributed by atoms with Gasteiger partial charge in [-0.2, -0.15) is 0 Å². The second-order valence-corrected chi connectivity index (χ2v) is 2.18. The lowest BCUT2D eigenvalue weighted by Gasteiger charge is -1.87. The van der Waals surface area contributed by atoms with E-state index in [1.807, 2.05) is 30.4 Å². The van der Waals surface area contributed by atoms with Crippen molar-refractivity contribution < 1.29 is 0 Å². The first kappa shape index (κ1) is 7.73. The standard InChI is InChI=1S/C10H11N/c1-11-9-5-8-10-6-3-2-4-7-10/h2-9H,1H3. The summed E-state index contributed by atoms with van der Waals surface area (Å²) in [4.78, 5) is 3.84. The Balaban J connectivity index is 2.64. The van der Waals surface area contributed by atoms with Crippen molar-refractivity contribution in [2.24, 2.45) is 4.99 Å². The third kappa shape index (κ3) is 2.80. The van der Waals surface area contributed by atoms with Gasteiger partial charge in [0.25, 0.3) is 0 Å². The topological polar surface area (TPSA) is 12.4 Å². The summed E-state index contributed by atoms with van der Waals surface area (Å²) in [6.45, 7) is 0. The minimum atomic E-state index is 1.20. The molecule has 0 heterocycles. The van der Waals surface area contributed by atoms with Gasteiger partial charge in [-0.25, -0.2) is 0 Å². The van der Waals surface area contributed by atoms with Crippen molar-refractivity contribution in [3.05, 3.63) is 42.0 Å². The molecule has 1 aromatic rings. The van der Waals surface area contributed by atoms with Crippen LogP contribution in [0.3, 0.4) is 0 Å². The molecule has 0 spiro atoms. The molecule has 0 aromatic heterocycles. The van der Waals surface area contributed by atoms with Crippen LogP contribution < -0.4 is 0 Å². The maximum Gasteiger partial charge on any atom is 0.0277 e. The summed E-state index contributed by atoms with van der Waals surface area (Å²) >= 11 is 0. The first-order chi connectivity index (χ1) is 5.43. The maximum absolute atomic E-state index is 3.84. The number of nitrogens with zero attached hydrogens (tertiary/aromatic N) is 1. The molecular weight excluding hydrogens is 134 g/mol. The lowest BCUT2D eigenvalue weighted by atomic mass is 10.2. The highest BCUT2D eigenvalue weighted by atomic mass is 14.6. The third-order valence-corrected chi connectivity index (χ3v) is 1.32. The second kappa shape index (κ2) is 4.45. The minimum absolute atomic E-state index is 1.20. The summed E-state index contributed by atoms with van der Waals surface area (Å²) in [5.74, 6) is 0. The summed E-state index contributed by atoms with van der Waals surface area (Å²) in [6, 6.07) is 10.1. The summed E-state index contributed by atoms with van der Waals surface area (Å²) < 4.78 is 0. The van der Waals surface area contributed by atoms with Crippen LogP contribution in [-0.4, -0.2) is 13.3 Å². The molecule has 1 nitrogen and oxygen atoms in total. The van der Waals surface area contributed by atoms with Crippen molar-refractivity contribution in [1.29, 1.82) is 0 Å². The van der Waals surface area contributed by atoms with Gasteiger partial charge in [-0.15, -0.1) is 0 Å². The Morgan fingerprint density at radius 3 is 2.55 bits per heavy atom. The van der Waals surface area contributed by atoms with Crippen LogP contribution in [0.2, 0.25) is 0 Å². The second-order valence-electron chi connectivity index (χ2n) is 2.18. The average Bonchev–Trinajstić information content (AvgIpc) is 2.07. The van der Waals surface area contributed by atoms with Crippen LogP contribution in [0.4, 0.5) is 0 Å². The molecule has 0 radical (unpaired) electrons. The Labute approximate surface area is 67.1 Å². The van der Waals surface area contributed by atoms with Crippen molar-refractivity contribution in [3.63, 3.8) is 0 Å². The van der Waals surface area contributed by atoms with Crippen LogP contribution in [0, 0.1) is 0 Å². The fourth-order valence-corrected chi connectivity index (χ4v) is 0.804. The Morgan fingerprint density at radius 1 is 1.18 bits per heavy atom. The van der Waals surface area contributed by atoms with Gasteiger partial charge in [-0.1, -0.05) is 36.4 Å². The van der Waals surface area contributed by atoms with Crippen molar-refractivity contribution >= 4 is 12.3 Å². The molecule has 0 bridgehead atoms. The number of aliphatic imine (C=N–C) groups is 1. The van der Waals surface area contributed by atoms with Gasteiger partial charge >= 0.3 is 0 Å². The zero-order valence-corrected chi connectivity index (χ0v) is 6.57. The minimum Gasteiger partial charge on any atom is -0.297 e. The molecule has 1 heteroatoms. The van der Waals surface area contributed by atoms with E-state index in [0.717, 1.165) is 0 Å². The van der Waals surface area contributed by atoms with Crippen molar-refractivity contribution in [2.75, 3.05) is 7.05 Å². The van der Waals surface area contributed by atoms with E-state index in [9.17, 15) is 0 Å². The van der Waals surface area contributed by atoms with E-state index in [0.29, 0.717) is 0 Å². The predicted octanol–water partition coefficient (Wildman–Crippen LogP) is 2.40. The smallest absolute Gasteiger partial charge is 0.0277 e. The van der Waals surface area contributed by atoms with Gasteiger partial charge in [-0.05, 0) is 11.6 Å². The van der Waals surface area contributed by atoms with Crippen molar-refractivity contribution in [2.45, 2.75) is 0 Å². The zero-order valence-electron chi connectivity index (χ0n) is 6.57. The third-order valence-electron chi connectivity index (χ3n) is 1.32. The number of hydrogen-bond acceptors (Lipinski definition) is 1. The summed E-state index contributed by atoms with van der Waals surface area (Å²) in [5.41, 5.74) is 1.20. The van der Waals surface area contributed by atoms with Gasteiger partial charge in [-0.3, -0.25) is 4.99 Å². The van der Waals surface area contributed by atoms with Crippen LogP contribution >= 0.6 is 0 Å². The molecule has 1 aromatic carbocycles. The first-order valence-corrected chi connectivity index (χ1v) is 3.57. The Kier molecular flexibility index (Phi) is 3.13. The largest absolute Gasteiger partial charge is 0.297 e. The highest BCUT2D eigenvalue weighted by molar-refractivity contribution is 5.77. The van der Waals surface area contributed by atoms with Gasteiger partial charge in [0.2, 0.25) is 0 Å². The van der Waals surface area contributed by atoms with Gasteiger partial charge in [0, 0.05) is 13.3 Å². The number of rotatable bonds is 2.